The van der Waals surface area contributed by atoms with Crippen LogP contribution in [0.2, 0.25) is 0 Å². The number of hydrogen-bond acceptors (Lipinski definition) is 4. The zero-order chi connectivity index (χ0) is 14.2. The summed E-state index contributed by atoms with van der Waals surface area (Å²) in [6, 6.07) is 5.73. The monoisotopic (exact) mass is 268 g/mol. The van der Waals surface area contributed by atoms with Gasteiger partial charge in [-0.05, 0) is 24.6 Å². The van der Waals surface area contributed by atoms with E-state index >= 15 is 0 Å². The summed E-state index contributed by atoms with van der Waals surface area (Å²) in [5.41, 5.74) is 2.78. The Labute approximate surface area is 118 Å². The van der Waals surface area contributed by atoms with E-state index < -0.39 is 0 Å². The predicted molar refractivity (Wildman–Crippen MR) is 76.1 cm³/mol. The van der Waals surface area contributed by atoms with Gasteiger partial charge < -0.3 is 9.84 Å². The van der Waals surface area contributed by atoms with Crippen molar-refractivity contribution < 1.29 is 9.84 Å². The van der Waals surface area contributed by atoms with Gasteiger partial charge in [0.05, 0.1) is 18.5 Å². The van der Waals surface area contributed by atoms with Crippen molar-refractivity contribution >= 4 is 0 Å². The number of aryl methyl sites for hydroxylation is 1. The van der Waals surface area contributed by atoms with Gasteiger partial charge in [-0.25, -0.2) is 0 Å². The average molecular weight is 268 g/mol. The van der Waals surface area contributed by atoms with Crippen LogP contribution >= 0.6 is 0 Å². The van der Waals surface area contributed by atoms with Gasteiger partial charge in [0.25, 0.3) is 0 Å². The molecule has 0 fully saturated rings. The van der Waals surface area contributed by atoms with Crippen LogP contribution in [0.1, 0.15) is 23.2 Å². The quantitative estimate of drug-likeness (QED) is 0.863. The molecule has 20 heavy (non-hydrogen) atoms. The summed E-state index contributed by atoms with van der Waals surface area (Å²) >= 11 is 0. The van der Waals surface area contributed by atoms with E-state index in [1.54, 1.807) is 18.6 Å². The molecule has 0 spiro atoms. The molecule has 0 aliphatic carbocycles. The molecule has 0 aromatic carbocycles. The highest BCUT2D eigenvalue weighted by molar-refractivity contribution is 5.36. The fourth-order valence-electron chi connectivity index (χ4n) is 1.61. The fourth-order valence-corrected chi connectivity index (χ4v) is 1.61. The van der Waals surface area contributed by atoms with E-state index in [9.17, 15) is 0 Å². The van der Waals surface area contributed by atoms with E-state index in [2.05, 4.69) is 21.8 Å². The van der Waals surface area contributed by atoms with Crippen molar-refractivity contribution in [2.45, 2.75) is 20.0 Å². The van der Waals surface area contributed by atoms with Crippen LogP contribution in [0.5, 0.6) is 5.75 Å². The summed E-state index contributed by atoms with van der Waals surface area (Å²) in [6.45, 7) is 2.47. The molecule has 2 aromatic heterocycles. The molecule has 4 heteroatoms. The highest BCUT2D eigenvalue weighted by Gasteiger charge is 2.01. The molecule has 2 rings (SSSR count). The van der Waals surface area contributed by atoms with E-state index in [-0.39, 0.29) is 6.61 Å². The molecule has 4 nitrogen and oxygen atoms in total. The minimum atomic E-state index is 0.0651. The second-order valence-electron chi connectivity index (χ2n) is 4.24. The van der Waals surface area contributed by atoms with E-state index in [0.717, 1.165) is 16.8 Å². The number of aliphatic hydroxyl groups excluding tert-OH is 1. The van der Waals surface area contributed by atoms with Gasteiger partial charge in [0, 0.05) is 24.4 Å². The van der Waals surface area contributed by atoms with Gasteiger partial charge in [0.2, 0.25) is 0 Å². The zero-order valence-corrected chi connectivity index (χ0v) is 11.3. The Hall–Kier alpha value is -2.38. The molecule has 0 radical (unpaired) electrons. The van der Waals surface area contributed by atoms with Crippen molar-refractivity contribution in [3.05, 3.63) is 53.6 Å². The van der Waals surface area contributed by atoms with Gasteiger partial charge in [-0.2, -0.15) is 0 Å². The molecule has 0 atom stereocenters. The topological polar surface area (TPSA) is 55.2 Å². The third-order valence-electron chi connectivity index (χ3n) is 2.68. The molecule has 0 saturated heterocycles. The molecule has 102 valence electrons. The number of ether oxygens (including phenoxy) is 1. The zero-order valence-electron chi connectivity index (χ0n) is 11.3. The van der Waals surface area contributed by atoms with Gasteiger partial charge >= 0.3 is 0 Å². The standard InChI is InChI=1S/C16H16N2O2/c1-13-5-4-7-18-16(13)12-20-15-9-14(10-17-11-15)6-2-3-8-19/h4-5,7,9-11,19H,3,8,12H2,1H3. The van der Waals surface area contributed by atoms with Gasteiger partial charge in [-0.15, -0.1) is 0 Å². The Morgan fingerprint density at radius 1 is 1.35 bits per heavy atom. The van der Waals surface area contributed by atoms with Crippen LogP contribution in [0, 0.1) is 18.8 Å². The lowest BCUT2D eigenvalue weighted by Crippen LogP contribution is -2.00. The van der Waals surface area contributed by atoms with E-state index in [1.807, 2.05) is 25.1 Å². The lowest BCUT2D eigenvalue weighted by Gasteiger charge is -2.07. The average Bonchev–Trinajstić information content (AvgIpc) is 2.47. The molecule has 0 aliphatic rings. The molecule has 0 saturated carbocycles. The Morgan fingerprint density at radius 3 is 3.05 bits per heavy atom. The van der Waals surface area contributed by atoms with Crippen molar-refractivity contribution in [2.75, 3.05) is 6.61 Å². The first kappa shape index (κ1) is 14.0. The van der Waals surface area contributed by atoms with Gasteiger partial charge in [0.1, 0.15) is 12.4 Å². The molecule has 1 N–H and O–H groups in total. The van der Waals surface area contributed by atoms with Crippen LogP contribution < -0.4 is 4.74 Å². The number of aromatic nitrogens is 2. The molecule has 0 aliphatic heterocycles. The normalized spacial score (nSPS) is 9.70. The van der Waals surface area contributed by atoms with E-state index in [1.165, 1.54) is 0 Å². The number of aliphatic hydroxyl groups is 1. The van der Waals surface area contributed by atoms with Crippen LogP contribution in [0.15, 0.2) is 36.8 Å². The van der Waals surface area contributed by atoms with Gasteiger partial charge in [0.15, 0.2) is 0 Å². The van der Waals surface area contributed by atoms with Crippen LogP contribution in [0.3, 0.4) is 0 Å². The van der Waals surface area contributed by atoms with Crippen molar-refractivity contribution in [3.63, 3.8) is 0 Å². The van der Waals surface area contributed by atoms with Gasteiger partial charge in [-0.3, -0.25) is 9.97 Å². The smallest absolute Gasteiger partial charge is 0.139 e. The van der Waals surface area contributed by atoms with Crippen molar-refractivity contribution in [1.29, 1.82) is 0 Å². The summed E-state index contributed by atoms with van der Waals surface area (Å²) < 4.78 is 5.68. The van der Waals surface area contributed by atoms with Crippen LogP contribution in [0.25, 0.3) is 0 Å². The Balaban J connectivity index is 2.02. The first-order chi connectivity index (χ1) is 9.79. The molecule has 2 heterocycles. The summed E-state index contributed by atoms with van der Waals surface area (Å²) in [4.78, 5) is 8.36. The third-order valence-corrected chi connectivity index (χ3v) is 2.68. The molecule has 0 bridgehead atoms. The maximum absolute atomic E-state index is 8.69. The molecule has 2 aromatic rings. The number of nitrogens with zero attached hydrogens (tertiary/aromatic N) is 2. The van der Waals surface area contributed by atoms with Crippen LogP contribution in [0.4, 0.5) is 0 Å². The SMILES string of the molecule is Cc1cccnc1COc1cncc(C#CCCO)c1. The van der Waals surface area contributed by atoms with Crippen molar-refractivity contribution in [3.8, 4) is 17.6 Å². The maximum Gasteiger partial charge on any atom is 0.139 e. The minimum Gasteiger partial charge on any atom is -0.486 e. The molecule has 0 unspecified atom stereocenters. The maximum atomic E-state index is 8.69. The third kappa shape index (κ3) is 4.08. The summed E-state index contributed by atoms with van der Waals surface area (Å²) in [5, 5.41) is 8.69. The first-order valence-corrected chi connectivity index (χ1v) is 6.37. The molecule has 0 amide bonds. The number of rotatable bonds is 4. The fraction of sp³-hybridized carbons (Fsp3) is 0.250. The first-order valence-electron chi connectivity index (χ1n) is 6.37. The number of pyridine rings is 2. The summed E-state index contributed by atoms with van der Waals surface area (Å²) in [7, 11) is 0. The summed E-state index contributed by atoms with van der Waals surface area (Å²) in [5.74, 6) is 6.44. The van der Waals surface area contributed by atoms with E-state index in [4.69, 9.17) is 9.84 Å². The van der Waals surface area contributed by atoms with Crippen LogP contribution in [-0.2, 0) is 6.61 Å². The van der Waals surface area contributed by atoms with E-state index in [0.29, 0.717) is 18.8 Å². The second-order valence-corrected chi connectivity index (χ2v) is 4.24. The molecular formula is C16H16N2O2. The highest BCUT2D eigenvalue weighted by atomic mass is 16.5. The predicted octanol–water partition coefficient (Wildman–Crippen LogP) is 2.10. The lowest BCUT2D eigenvalue weighted by atomic mass is 10.2. The minimum absolute atomic E-state index is 0.0651. The second kappa shape index (κ2) is 7.27. The van der Waals surface area contributed by atoms with Crippen molar-refractivity contribution in [2.24, 2.45) is 0 Å². The Bertz CT molecular complexity index is 630. The lowest BCUT2D eigenvalue weighted by molar-refractivity contribution is 0.299. The summed E-state index contributed by atoms with van der Waals surface area (Å²) in [6.07, 6.45) is 5.53. The Morgan fingerprint density at radius 2 is 2.25 bits per heavy atom. The highest BCUT2D eigenvalue weighted by Crippen LogP contribution is 2.13. The van der Waals surface area contributed by atoms with Crippen molar-refractivity contribution in [1.82, 2.24) is 9.97 Å². The van der Waals surface area contributed by atoms with Crippen LogP contribution in [-0.4, -0.2) is 21.7 Å². The largest absolute Gasteiger partial charge is 0.486 e. The Kier molecular flexibility index (Phi) is 5.10. The molecular weight excluding hydrogens is 252 g/mol. The number of hydrogen-bond donors (Lipinski definition) is 1. The van der Waals surface area contributed by atoms with Gasteiger partial charge in [-0.1, -0.05) is 17.9 Å².